The Morgan fingerprint density at radius 3 is 2.61 bits per heavy atom. The van der Waals surface area contributed by atoms with Gasteiger partial charge in [-0.1, -0.05) is 6.07 Å². The van der Waals surface area contributed by atoms with Gasteiger partial charge >= 0.3 is 16.2 Å². The van der Waals surface area contributed by atoms with Crippen molar-refractivity contribution in [2.45, 2.75) is 4.90 Å². The number of ether oxygens (including phenoxy) is 1. The van der Waals surface area contributed by atoms with Crippen LogP contribution in [0.25, 0.3) is 10.9 Å². The van der Waals surface area contributed by atoms with E-state index in [0.29, 0.717) is 10.9 Å². The summed E-state index contributed by atoms with van der Waals surface area (Å²) >= 11 is 0. The maximum absolute atomic E-state index is 12.8. The van der Waals surface area contributed by atoms with Crippen molar-refractivity contribution in [2.75, 3.05) is 7.11 Å². The van der Waals surface area contributed by atoms with Crippen LogP contribution in [0.1, 0.15) is 10.5 Å². The first-order chi connectivity index (χ1) is 8.41. The van der Waals surface area contributed by atoms with Crippen molar-refractivity contribution in [2.24, 2.45) is 0 Å². The summed E-state index contributed by atoms with van der Waals surface area (Å²) in [5.74, 6) is -0.598. The molecular weight excluding hydrogens is 261 g/mol. The molecule has 5 nitrogen and oxygen atoms in total. The van der Waals surface area contributed by atoms with E-state index in [-0.39, 0.29) is 5.69 Å². The molecule has 0 spiro atoms. The Bertz CT molecular complexity index is 727. The number of hydrogen-bond donors (Lipinski definition) is 0. The molecule has 1 aromatic heterocycles. The van der Waals surface area contributed by atoms with E-state index in [4.69, 9.17) is 0 Å². The van der Waals surface area contributed by atoms with E-state index in [0.717, 1.165) is 12.1 Å². The summed E-state index contributed by atoms with van der Waals surface area (Å²) in [6.45, 7) is 0. The molecule has 0 radical (unpaired) electrons. The Morgan fingerprint density at radius 1 is 1.28 bits per heavy atom. The Balaban J connectivity index is 2.59. The summed E-state index contributed by atoms with van der Waals surface area (Å²) < 4.78 is 38.8. The molecule has 0 atom stereocenters. The molecular formula is C11H8FNO4S. The topological polar surface area (TPSA) is 73.3 Å². The Kier molecular flexibility index (Phi) is 3.00. The highest BCUT2D eigenvalue weighted by atomic mass is 32.3. The second kappa shape index (κ2) is 4.34. The quantitative estimate of drug-likeness (QED) is 0.612. The van der Waals surface area contributed by atoms with Gasteiger partial charge in [-0.2, -0.15) is 8.42 Å². The van der Waals surface area contributed by atoms with Crippen LogP contribution in [0.5, 0.6) is 0 Å². The lowest BCUT2D eigenvalue weighted by molar-refractivity contribution is 0.0594. The van der Waals surface area contributed by atoms with Gasteiger partial charge in [0.25, 0.3) is 0 Å². The summed E-state index contributed by atoms with van der Waals surface area (Å²) in [5.41, 5.74) is 0.478. The van der Waals surface area contributed by atoms with Gasteiger partial charge in [0.15, 0.2) is 0 Å². The summed E-state index contributed by atoms with van der Waals surface area (Å²) in [4.78, 5) is 14.8. The monoisotopic (exact) mass is 269 g/mol. The number of rotatable bonds is 2. The van der Waals surface area contributed by atoms with Gasteiger partial charge in [-0.15, -0.1) is 3.89 Å². The largest absolute Gasteiger partial charge is 0.464 e. The number of nitrogens with zero attached hydrogens (tertiary/aromatic N) is 1. The minimum Gasteiger partial charge on any atom is -0.464 e. The first kappa shape index (κ1) is 12.4. The molecule has 1 aromatic carbocycles. The number of benzene rings is 1. The zero-order valence-electron chi connectivity index (χ0n) is 9.25. The second-order valence-electron chi connectivity index (χ2n) is 3.48. The highest BCUT2D eigenvalue weighted by Gasteiger charge is 2.13. The highest BCUT2D eigenvalue weighted by molar-refractivity contribution is 7.86. The molecule has 0 aliphatic heterocycles. The number of methoxy groups -OCH3 is 1. The van der Waals surface area contributed by atoms with E-state index in [1.165, 1.54) is 25.3 Å². The number of halogens is 1. The van der Waals surface area contributed by atoms with E-state index in [2.05, 4.69) is 9.72 Å². The second-order valence-corrected chi connectivity index (χ2v) is 4.83. The predicted octanol–water partition coefficient (Wildman–Crippen LogP) is 1.68. The molecule has 7 heteroatoms. The first-order valence-corrected chi connectivity index (χ1v) is 6.24. The zero-order valence-corrected chi connectivity index (χ0v) is 10.1. The van der Waals surface area contributed by atoms with Crippen molar-refractivity contribution >= 4 is 27.1 Å². The van der Waals surface area contributed by atoms with Crippen LogP contribution in [0.15, 0.2) is 35.2 Å². The van der Waals surface area contributed by atoms with Crippen LogP contribution in [0, 0.1) is 0 Å². The molecule has 0 N–H and O–H groups in total. The van der Waals surface area contributed by atoms with Gasteiger partial charge in [0.2, 0.25) is 0 Å². The number of aromatic nitrogens is 1. The van der Waals surface area contributed by atoms with Gasteiger partial charge in [0.1, 0.15) is 5.69 Å². The molecule has 18 heavy (non-hydrogen) atoms. The third kappa shape index (κ3) is 2.30. The summed E-state index contributed by atoms with van der Waals surface area (Å²) in [7, 11) is -3.52. The Hall–Kier alpha value is -2.02. The van der Waals surface area contributed by atoms with Gasteiger partial charge in [-0.25, -0.2) is 9.78 Å². The van der Waals surface area contributed by atoms with Gasteiger partial charge in [-0.3, -0.25) is 0 Å². The van der Waals surface area contributed by atoms with Gasteiger partial charge in [0, 0.05) is 5.39 Å². The standard InChI is InChI=1S/C11H8FNO4S/c1-17-11(14)10-4-2-7-6-8(18(12,15)16)3-5-9(7)13-10/h2-6H,1H3. The fourth-order valence-corrected chi connectivity index (χ4v) is 1.97. The van der Waals surface area contributed by atoms with E-state index < -0.39 is 21.1 Å². The summed E-state index contributed by atoms with van der Waals surface area (Å²) in [6.07, 6.45) is 0. The highest BCUT2D eigenvalue weighted by Crippen LogP contribution is 2.19. The molecule has 0 aliphatic rings. The van der Waals surface area contributed by atoms with Crippen LogP contribution < -0.4 is 0 Å². The smallest absolute Gasteiger partial charge is 0.356 e. The van der Waals surface area contributed by atoms with Crippen LogP contribution in [0.4, 0.5) is 3.89 Å². The number of pyridine rings is 1. The SMILES string of the molecule is COC(=O)c1ccc2cc(S(=O)(=O)F)ccc2n1. The van der Waals surface area contributed by atoms with Crippen LogP contribution in [0.2, 0.25) is 0 Å². The molecule has 0 bridgehead atoms. The van der Waals surface area contributed by atoms with E-state index >= 15 is 0 Å². The van der Waals surface area contributed by atoms with Gasteiger partial charge in [0.05, 0.1) is 17.5 Å². The lowest BCUT2D eigenvalue weighted by atomic mass is 10.2. The summed E-state index contributed by atoms with van der Waals surface area (Å²) in [6, 6.07) is 6.42. The van der Waals surface area contributed by atoms with E-state index in [1.54, 1.807) is 0 Å². The molecule has 1 heterocycles. The van der Waals surface area contributed by atoms with Crippen molar-refractivity contribution in [3.8, 4) is 0 Å². The van der Waals surface area contributed by atoms with Crippen LogP contribution >= 0.6 is 0 Å². The Labute approximate surface area is 102 Å². The third-order valence-electron chi connectivity index (χ3n) is 2.34. The summed E-state index contributed by atoms with van der Waals surface area (Å²) in [5, 5.41) is 0.418. The molecule has 94 valence electrons. The Morgan fingerprint density at radius 2 is 2.00 bits per heavy atom. The maximum atomic E-state index is 12.8. The fourth-order valence-electron chi connectivity index (χ4n) is 1.47. The first-order valence-electron chi connectivity index (χ1n) is 4.85. The molecule has 0 unspecified atom stereocenters. The zero-order chi connectivity index (χ0) is 13.3. The average molecular weight is 269 g/mol. The number of fused-ring (bicyclic) bond motifs is 1. The molecule has 0 fully saturated rings. The minimum absolute atomic E-state index is 0.0980. The van der Waals surface area contributed by atoms with Crippen LogP contribution in [-0.2, 0) is 15.0 Å². The number of carbonyl (C=O) groups excluding carboxylic acids is 1. The third-order valence-corrected chi connectivity index (χ3v) is 3.15. The predicted molar refractivity (Wildman–Crippen MR) is 61.4 cm³/mol. The van der Waals surface area contributed by atoms with Crippen LogP contribution in [-0.4, -0.2) is 26.5 Å². The van der Waals surface area contributed by atoms with Crippen molar-refractivity contribution < 1.29 is 21.8 Å². The molecule has 0 aliphatic carbocycles. The number of carbonyl (C=O) groups is 1. The number of esters is 1. The van der Waals surface area contributed by atoms with E-state index in [1.807, 2.05) is 0 Å². The lowest BCUT2D eigenvalue weighted by Gasteiger charge is -2.02. The van der Waals surface area contributed by atoms with Gasteiger partial charge < -0.3 is 4.74 Å². The van der Waals surface area contributed by atoms with Gasteiger partial charge in [-0.05, 0) is 24.3 Å². The average Bonchev–Trinajstić information content (AvgIpc) is 2.35. The molecule has 2 rings (SSSR count). The van der Waals surface area contributed by atoms with Crippen molar-refractivity contribution in [3.05, 3.63) is 36.0 Å². The van der Waals surface area contributed by atoms with Crippen molar-refractivity contribution in [1.29, 1.82) is 0 Å². The van der Waals surface area contributed by atoms with Crippen molar-refractivity contribution in [3.63, 3.8) is 0 Å². The fraction of sp³-hybridized carbons (Fsp3) is 0.0909. The minimum atomic E-state index is -4.74. The maximum Gasteiger partial charge on any atom is 0.356 e. The lowest BCUT2D eigenvalue weighted by Crippen LogP contribution is -2.04. The number of hydrogen-bond acceptors (Lipinski definition) is 5. The van der Waals surface area contributed by atoms with E-state index in [9.17, 15) is 17.1 Å². The molecule has 0 saturated heterocycles. The van der Waals surface area contributed by atoms with Crippen LogP contribution in [0.3, 0.4) is 0 Å². The van der Waals surface area contributed by atoms with Crippen molar-refractivity contribution in [1.82, 2.24) is 4.98 Å². The molecule has 0 saturated carbocycles. The molecule has 2 aromatic rings. The molecule has 0 amide bonds. The normalized spacial score (nSPS) is 11.4.